The number of benzene rings is 1. The summed E-state index contributed by atoms with van der Waals surface area (Å²) in [5, 5.41) is 11.3. The smallest absolute Gasteiger partial charge is 0.302 e. The maximum Gasteiger partial charge on any atom is 0.302 e. The first-order valence-electron chi connectivity index (χ1n) is 11.3. The fourth-order valence-electron chi connectivity index (χ4n) is 8.47. The predicted molar refractivity (Wildman–Crippen MR) is 111 cm³/mol. The fraction of sp³-hybridized carbons (Fsp3) is 0.667. The first-order valence-corrected chi connectivity index (χ1v) is 11.3. The number of piperidine rings is 4. The minimum absolute atomic E-state index is 0.0583. The summed E-state index contributed by atoms with van der Waals surface area (Å²) in [6.45, 7) is 5.27. The lowest BCUT2D eigenvalue weighted by atomic mass is 9.62. The zero-order chi connectivity index (χ0) is 21.1. The molecule has 1 aromatic rings. The Bertz CT molecular complexity index is 963. The van der Waals surface area contributed by atoms with Crippen molar-refractivity contribution < 1.29 is 19.4 Å². The predicted octanol–water partition coefficient (Wildman–Crippen LogP) is 2.33. The number of rotatable bonds is 3. The lowest BCUT2D eigenvalue weighted by Crippen LogP contribution is -2.72. The third-order valence-electron chi connectivity index (χ3n) is 9.22. The third kappa shape index (κ3) is 1.93. The summed E-state index contributed by atoms with van der Waals surface area (Å²) in [4.78, 5) is 29.2. The summed E-state index contributed by atoms with van der Waals surface area (Å²) in [5.74, 6) is 0.657. The SMILES string of the molecule is CC[C@H]1[C@@H]2C[C@H]3[C@@H]4N(C)c5ccc(C(C)=O)cc5[C@]45C[C@@H]([C@H]2[C@H]5OC(C)=O)N3[C@@H]1O. The minimum atomic E-state index is -0.418. The van der Waals surface area contributed by atoms with Crippen molar-refractivity contribution in [2.75, 3.05) is 11.9 Å². The normalized spacial score (nSPS) is 46.7. The number of aliphatic hydroxyl groups is 1. The van der Waals surface area contributed by atoms with E-state index in [2.05, 4.69) is 35.9 Å². The molecule has 30 heavy (non-hydrogen) atoms. The average molecular weight is 411 g/mol. The van der Waals surface area contributed by atoms with E-state index in [1.54, 1.807) is 6.92 Å². The van der Waals surface area contributed by atoms with Crippen LogP contribution in [0.25, 0.3) is 0 Å². The molecule has 5 aliphatic heterocycles. The highest BCUT2D eigenvalue weighted by molar-refractivity contribution is 5.95. The lowest BCUT2D eigenvalue weighted by molar-refractivity contribution is -0.212. The summed E-state index contributed by atoms with van der Waals surface area (Å²) >= 11 is 0. The fourth-order valence-corrected chi connectivity index (χ4v) is 8.47. The number of Topliss-reactive ketones (excluding diaryl/α,β-unsaturated/α-hetero) is 1. The second-order valence-corrected chi connectivity index (χ2v) is 10.2. The Labute approximate surface area is 177 Å². The van der Waals surface area contributed by atoms with Gasteiger partial charge in [0, 0.05) is 49.1 Å². The Kier molecular flexibility index (Phi) is 3.67. The minimum Gasteiger partial charge on any atom is -0.461 e. The molecule has 1 unspecified atom stereocenters. The van der Waals surface area contributed by atoms with Gasteiger partial charge in [0.05, 0.1) is 11.5 Å². The van der Waals surface area contributed by atoms with Crippen molar-refractivity contribution in [3.63, 3.8) is 0 Å². The molecule has 5 bridgehead atoms. The molecule has 7 rings (SSSR count). The maximum absolute atomic E-state index is 12.3. The van der Waals surface area contributed by atoms with E-state index in [1.165, 1.54) is 6.92 Å². The number of fused-ring (bicyclic) bond motifs is 2. The van der Waals surface area contributed by atoms with E-state index in [1.807, 2.05) is 6.07 Å². The molecule has 6 nitrogen and oxygen atoms in total. The molecule has 5 heterocycles. The van der Waals surface area contributed by atoms with Gasteiger partial charge in [-0.1, -0.05) is 6.92 Å². The van der Waals surface area contributed by atoms with E-state index < -0.39 is 6.23 Å². The summed E-state index contributed by atoms with van der Waals surface area (Å²) in [7, 11) is 2.13. The van der Waals surface area contributed by atoms with E-state index in [0.29, 0.717) is 5.92 Å². The number of hydrogen-bond acceptors (Lipinski definition) is 6. The van der Waals surface area contributed by atoms with Gasteiger partial charge in [0.25, 0.3) is 0 Å². The van der Waals surface area contributed by atoms with Crippen LogP contribution in [-0.2, 0) is 14.9 Å². The number of ketones is 1. The zero-order valence-electron chi connectivity index (χ0n) is 18.0. The number of nitrogens with zero attached hydrogens (tertiary/aromatic N) is 2. The molecule has 1 N–H and O–H groups in total. The average Bonchev–Trinajstić information content (AvgIpc) is 3.09. The summed E-state index contributed by atoms with van der Waals surface area (Å²) in [6, 6.07) is 6.63. The van der Waals surface area contributed by atoms with Crippen LogP contribution < -0.4 is 4.90 Å². The van der Waals surface area contributed by atoms with Gasteiger partial charge in [-0.2, -0.15) is 0 Å². The second-order valence-electron chi connectivity index (χ2n) is 10.2. The van der Waals surface area contributed by atoms with E-state index in [9.17, 15) is 14.7 Å². The Morgan fingerprint density at radius 2 is 2.03 bits per heavy atom. The zero-order valence-corrected chi connectivity index (χ0v) is 18.0. The highest BCUT2D eigenvalue weighted by atomic mass is 16.5. The number of carbonyl (C=O) groups is 2. The number of ether oxygens (including phenoxy) is 1. The van der Waals surface area contributed by atoms with Crippen LogP contribution in [0.5, 0.6) is 0 Å². The first kappa shape index (κ1) is 18.8. The number of anilines is 1. The van der Waals surface area contributed by atoms with Crippen LogP contribution in [0.15, 0.2) is 18.2 Å². The molecule has 1 aliphatic carbocycles. The number of likely N-dealkylation sites (N-methyl/N-ethyl adjacent to an activating group) is 1. The van der Waals surface area contributed by atoms with Gasteiger partial charge >= 0.3 is 5.97 Å². The van der Waals surface area contributed by atoms with Crippen LogP contribution in [0.1, 0.15) is 56.0 Å². The molecular formula is C24H30N2O4. The monoisotopic (exact) mass is 410 g/mol. The van der Waals surface area contributed by atoms with Gasteiger partial charge in [-0.25, -0.2) is 0 Å². The molecule has 10 atom stereocenters. The molecule has 1 saturated carbocycles. The summed E-state index contributed by atoms with van der Waals surface area (Å²) in [5.41, 5.74) is 2.70. The molecule has 160 valence electrons. The van der Waals surface area contributed by atoms with Crippen molar-refractivity contribution in [2.45, 2.75) is 75.9 Å². The van der Waals surface area contributed by atoms with Crippen LogP contribution in [-0.4, -0.2) is 59.3 Å². The molecule has 1 spiro atoms. The Morgan fingerprint density at radius 3 is 2.70 bits per heavy atom. The number of carbonyl (C=O) groups excluding carboxylic acids is 2. The summed E-state index contributed by atoms with van der Waals surface area (Å²) in [6.07, 6.45) is 2.22. The van der Waals surface area contributed by atoms with Gasteiger partial charge < -0.3 is 14.7 Å². The molecule has 5 fully saturated rings. The molecule has 0 amide bonds. The number of hydrogen-bond donors (Lipinski definition) is 1. The van der Waals surface area contributed by atoms with Crippen molar-refractivity contribution in [1.82, 2.24) is 4.90 Å². The van der Waals surface area contributed by atoms with Gasteiger partial charge in [0.15, 0.2) is 5.78 Å². The van der Waals surface area contributed by atoms with Gasteiger partial charge in [-0.3, -0.25) is 14.5 Å². The van der Waals surface area contributed by atoms with Crippen LogP contribution >= 0.6 is 0 Å². The second kappa shape index (κ2) is 5.86. The van der Waals surface area contributed by atoms with E-state index in [-0.39, 0.29) is 53.2 Å². The topological polar surface area (TPSA) is 70.1 Å². The van der Waals surface area contributed by atoms with Crippen molar-refractivity contribution >= 4 is 17.4 Å². The maximum atomic E-state index is 12.3. The molecular weight excluding hydrogens is 380 g/mol. The molecule has 4 saturated heterocycles. The van der Waals surface area contributed by atoms with E-state index in [4.69, 9.17) is 4.74 Å². The molecule has 0 radical (unpaired) electrons. The highest BCUT2D eigenvalue weighted by Crippen LogP contribution is 2.69. The van der Waals surface area contributed by atoms with Crippen LogP contribution in [0.2, 0.25) is 0 Å². The highest BCUT2D eigenvalue weighted by Gasteiger charge is 2.77. The Hall–Kier alpha value is -1.92. The molecule has 1 aromatic carbocycles. The number of esters is 1. The Balaban J connectivity index is 1.59. The van der Waals surface area contributed by atoms with E-state index >= 15 is 0 Å². The van der Waals surface area contributed by atoms with Crippen molar-refractivity contribution in [2.24, 2.45) is 17.8 Å². The van der Waals surface area contributed by atoms with Crippen LogP contribution in [0, 0.1) is 17.8 Å². The molecule has 0 aromatic heterocycles. The van der Waals surface area contributed by atoms with Gasteiger partial charge in [-0.15, -0.1) is 0 Å². The van der Waals surface area contributed by atoms with Crippen LogP contribution in [0.4, 0.5) is 5.69 Å². The standard InChI is InChI=1S/C24H30N2O4/c1-5-14-15-9-18-21-24(16-8-13(11(2)27)6-7-17(16)25(21)4)10-19(26(18)23(14)29)20(15)22(24)30-12(3)28/h6-8,14-15,18-23,29H,5,9-10H2,1-4H3/t14-,15-,18-,19-,20-,21-,22+,23+,24+/m0/s1. The van der Waals surface area contributed by atoms with Crippen molar-refractivity contribution in [3.8, 4) is 0 Å². The largest absolute Gasteiger partial charge is 0.461 e. The first-order chi connectivity index (χ1) is 14.3. The van der Waals surface area contributed by atoms with Crippen LogP contribution in [0.3, 0.4) is 0 Å². The van der Waals surface area contributed by atoms with Gasteiger partial charge in [0.2, 0.25) is 0 Å². The van der Waals surface area contributed by atoms with Gasteiger partial charge in [-0.05, 0) is 55.9 Å². The Morgan fingerprint density at radius 1 is 1.27 bits per heavy atom. The molecule has 6 aliphatic rings. The lowest BCUT2D eigenvalue weighted by Gasteiger charge is -2.62. The van der Waals surface area contributed by atoms with Crippen molar-refractivity contribution in [1.29, 1.82) is 0 Å². The quantitative estimate of drug-likeness (QED) is 0.609. The molecule has 6 heteroatoms. The third-order valence-corrected chi connectivity index (χ3v) is 9.22. The van der Waals surface area contributed by atoms with Gasteiger partial charge in [0.1, 0.15) is 12.3 Å². The van der Waals surface area contributed by atoms with Crippen molar-refractivity contribution in [3.05, 3.63) is 29.3 Å². The van der Waals surface area contributed by atoms with E-state index in [0.717, 1.165) is 36.1 Å². The number of aliphatic hydroxyl groups excluding tert-OH is 1. The summed E-state index contributed by atoms with van der Waals surface area (Å²) < 4.78 is 6.19.